The molecule has 206 valence electrons. The fourth-order valence-corrected chi connectivity index (χ4v) is 5.36. The number of piperidine rings is 1. The average Bonchev–Trinajstić information content (AvgIpc) is 3.27. The van der Waals surface area contributed by atoms with Crippen LogP contribution in [0.1, 0.15) is 72.9 Å². The molecule has 8 nitrogen and oxygen atoms in total. The van der Waals surface area contributed by atoms with Gasteiger partial charge < -0.3 is 14.5 Å². The first-order valence-electron chi connectivity index (χ1n) is 13.7. The van der Waals surface area contributed by atoms with Gasteiger partial charge in [0.25, 0.3) is 5.91 Å². The number of fused-ring (bicyclic) bond motifs is 1. The van der Waals surface area contributed by atoms with Crippen LogP contribution >= 0.6 is 11.6 Å². The molecule has 2 aliphatic rings. The molecule has 2 aromatic rings. The Bertz CT molecular complexity index is 1230. The van der Waals surface area contributed by atoms with Crippen LogP contribution in [0.15, 0.2) is 42.5 Å². The van der Waals surface area contributed by atoms with E-state index in [0.29, 0.717) is 35.9 Å². The molecule has 9 heteroatoms. The quantitative estimate of drug-likeness (QED) is 0.287. The van der Waals surface area contributed by atoms with Gasteiger partial charge in [-0.1, -0.05) is 36.7 Å². The molecule has 1 unspecified atom stereocenters. The smallest absolute Gasteiger partial charge is 0.255 e. The predicted octanol–water partition coefficient (Wildman–Crippen LogP) is 4.67. The zero-order valence-electron chi connectivity index (χ0n) is 22.3. The number of hydrogen-bond acceptors (Lipinski definition) is 6. The second-order valence-electron chi connectivity index (χ2n) is 10.0. The van der Waals surface area contributed by atoms with Crippen LogP contribution in [-0.2, 0) is 16.1 Å². The second-order valence-corrected chi connectivity index (χ2v) is 10.5. The lowest BCUT2D eigenvalue weighted by molar-refractivity contribution is -0.136. The van der Waals surface area contributed by atoms with E-state index >= 15 is 0 Å². The summed E-state index contributed by atoms with van der Waals surface area (Å²) >= 11 is 5.97. The summed E-state index contributed by atoms with van der Waals surface area (Å²) in [6.45, 7) is 5.75. The van der Waals surface area contributed by atoms with Crippen LogP contribution in [0.4, 0.5) is 0 Å². The van der Waals surface area contributed by atoms with Crippen LogP contribution in [0.5, 0.6) is 5.75 Å². The van der Waals surface area contributed by atoms with E-state index in [4.69, 9.17) is 16.3 Å². The lowest BCUT2D eigenvalue weighted by Gasteiger charge is -2.29. The molecule has 1 fully saturated rings. The summed E-state index contributed by atoms with van der Waals surface area (Å²) in [5.41, 5.74) is 2.37. The van der Waals surface area contributed by atoms with Gasteiger partial charge in [0.05, 0.1) is 25.1 Å². The average molecular weight is 551 g/mol. The fraction of sp³-hybridized carbons (Fsp3) is 0.467. The first-order valence-corrected chi connectivity index (χ1v) is 14.1. The molecule has 2 aliphatic heterocycles. The van der Waals surface area contributed by atoms with Crippen LogP contribution < -0.4 is 10.1 Å². The minimum Gasteiger partial charge on any atom is -0.493 e. The number of carbonyl (C=O) groups is 3. The Labute approximate surface area is 234 Å². The van der Waals surface area contributed by atoms with Gasteiger partial charge in [0.2, 0.25) is 11.8 Å². The highest BCUT2D eigenvalue weighted by Gasteiger charge is 2.40. The first kappa shape index (κ1) is 28.6. The number of hydrogen-bond donors (Lipinski definition) is 1. The summed E-state index contributed by atoms with van der Waals surface area (Å²) in [7, 11) is 0. The van der Waals surface area contributed by atoms with E-state index in [1.54, 1.807) is 17.0 Å². The zero-order chi connectivity index (χ0) is 27.8. The number of carbonyl (C=O) groups excluding carboxylic acids is 3. The third-order valence-corrected chi connectivity index (χ3v) is 7.78. The van der Waals surface area contributed by atoms with E-state index in [1.165, 1.54) is 0 Å². The van der Waals surface area contributed by atoms with Gasteiger partial charge in [-0.25, -0.2) is 0 Å². The Kier molecular flexibility index (Phi) is 9.96. The summed E-state index contributed by atoms with van der Waals surface area (Å²) in [6.07, 6.45) is 4.28. The van der Waals surface area contributed by atoms with Crippen LogP contribution in [0.2, 0.25) is 5.02 Å². The largest absolute Gasteiger partial charge is 0.493 e. The zero-order valence-corrected chi connectivity index (χ0v) is 23.1. The minimum absolute atomic E-state index is 0.143. The van der Waals surface area contributed by atoms with Crippen molar-refractivity contribution in [2.45, 2.75) is 64.0 Å². The highest BCUT2D eigenvalue weighted by molar-refractivity contribution is 6.30. The van der Waals surface area contributed by atoms with Gasteiger partial charge in [-0.2, -0.15) is 5.26 Å². The van der Waals surface area contributed by atoms with Crippen LogP contribution in [0.25, 0.3) is 0 Å². The maximum absolute atomic E-state index is 13.0. The van der Waals surface area contributed by atoms with E-state index in [1.807, 2.05) is 30.3 Å². The number of imide groups is 1. The Balaban J connectivity index is 1.19. The molecule has 0 aliphatic carbocycles. The molecule has 0 radical (unpaired) electrons. The van der Waals surface area contributed by atoms with Gasteiger partial charge in [0.15, 0.2) is 0 Å². The highest BCUT2D eigenvalue weighted by atomic mass is 35.5. The first-order chi connectivity index (χ1) is 18.9. The Hall–Kier alpha value is -3.41. The van der Waals surface area contributed by atoms with Gasteiger partial charge in [-0.15, -0.1) is 0 Å². The fourth-order valence-electron chi connectivity index (χ4n) is 5.23. The number of rotatable bonds is 13. The van der Waals surface area contributed by atoms with Crippen molar-refractivity contribution >= 4 is 29.3 Å². The van der Waals surface area contributed by atoms with Crippen LogP contribution in [0.3, 0.4) is 0 Å². The molecule has 4 rings (SSSR count). The lowest BCUT2D eigenvalue weighted by Crippen LogP contribution is -2.52. The monoisotopic (exact) mass is 550 g/mol. The number of nitrogens with zero attached hydrogens (tertiary/aromatic N) is 3. The molecule has 0 spiro atoms. The summed E-state index contributed by atoms with van der Waals surface area (Å²) in [5, 5.41) is 12.6. The molecule has 0 bridgehead atoms. The molecule has 3 amide bonds. The maximum Gasteiger partial charge on any atom is 0.255 e. The van der Waals surface area contributed by atoms with Crippen molar-refractivity contribution in [3.63, 3.8) is 0 Å². The SMILES string of the molecule is CCN(CCCCCOc1cccc2c1CN(C1CCC(=O)NC1=O)C2=O)CC[C@H](C#N)c1ccc(Cl)cc1. The molecule has 0 saturated carbocycles. The summed E-state index contributed by atoms with van der Waals surface area (Å²) in [5.74, 6) is -0.370. The van der Waals surface area contributed by atoms with Gasteiger partial charge in [-0.05, 0) is 81.6 Å². The third-order valence-electron chi connectivity index (χ3n) is 7.52. The summed E-state index contributed by atoms with van der Waals surface area (Å²) in [6, 6.07) is 14.7. The lowest BCUT2D eigenvalue weighted by atomic mass is 9.97. The van der Waals surface area contributed by atoms with E-state index < -0.39 is 11.9 Å². The van der Waals surface area contributed by atoms with Gasteiger partial charge >= 0.3 is 0 Å². The molecule has 2 heterocycles. The Morgan fingerprint density at radius 1 is 1.13 bits per heavy atom. The molecule has 2 aromatic carbocycles. The molecule has 0 aromatic heterocycles. The summed E-state index contributed by atoms with van der Waals surface area (Å²) < 4.78 is 6.07. The normalized spacial score (nSPS) is 17.6. The number of ether oxygens (including phenoxy) is 1. The number of nitriles is 1. The second kappa shape index (κ2) is 13.6. The summed E-state index contributed by atoms with van der Waals surface area (Å²) in [4.78, 5) is 40.7. The molecular weight excluding hydrogens is 516 g/mol. The van der Waals surface area contributed by atoms with Crippen molar-refractivity contribution in [3.8, 4) is 11.8 Å². The minimum atomic E-state index is -0.633. The van der Waals surface area contributed by atoms with Crippen LogP contribution in [-0.4, -0.2) is 59.8 Å². The van der Waals surface area contributed by atoms with Crippen molar-refractivity contribution in [1.29, 1.82) is 5.26 Å². The number of unbranched alkanes of at least 4 members (excludes halogenated alkanes) is 2. The van der Waals surface area contributed by atoms with Crippen molar-refractivity contribution in [1.82, 2.24) is 15.1 Å². The van der Waals surface area contributed by atoms with Gasteiger partial charge in [-0.3, -0.25) is 19.7 Å². The molecule has 2 atom stereocenters. The van der Waals surface area contributed by atoms with Gasteiger partial charge in [0.1, 0.15) is 11.8 Å². The molecule has 1 saturated heterocycles. The van der Waals surface area contributed by atoms with E-state index in [-0.39, 0.29) is 24.2 Å². The molecule has 39 heavy (non-hydrogen) atoms. The molecular formula is C30H35ClN4O4. The molecule has 1 N–H and O–H groups in total. The Morgan fingerprint density at radius 3 is 2.64 bits per heavy atom. The van der Waals surface area contributed by atoms with E-state index in [2.05, 4.69) is 23.2 Å². The van der Waals surface area contributed by atoms with Gasteiger partial charge in [0, 0.05) is 22.6 Å². The third kappa shape index (κ3) is 7.17. The van der Waals surface area contributed by atoms with Crippen molar-refractivity contribution in [2.75, 3.05) is 26.2 Å². The maximum atomic E-state index is 13.0. The number of halogens is 1. The topological polar surface area (TPSA) is 103 Å². The van der Waals surface area contributed by atoms with Crippen LogP contribution in [0, 0.1) is 11.3 Å². The van der Waals surface area contributed by atoms with Crippen molar-refractivity contribution < 1.29 is 19.1 Å². The predicted molar refractivity (Wildman–Crippen MR) is 148 cm³/mol. The Morgan fingerprint density at radius 2 is 1.92 bits per heavy atom. The standard InChI is InChI=1S/C30H35ClN4O4/c1-2-34(17-15-22(19-32)21-9-11-23(31)12-10-21)16-4-3-5-18-39-27-8-6-7-24-25(27)20-35(30(24)38)26-13-14-28(36)33-29(26)37/h6-12,22,26H,2-5,13-18,20H2,1H3,(H,33,36,37)/t22-,26?/m1/s1. The van der Waals surface area contributed by atoms with Crippen molar-refractivity contribution in [2.24, 2.45) is 0 Å². The number of nitrogens with one attached hydrogen (secondary N) is 1. The highest BCUT2D eigenvalue weighted by Crippen LogP contribution is 2.33. The number of amides is 3. The number of benzene rings is 2. The van der Waals surface area contributed by atoms with E-state index in [9.17, 15) is 19.6 Å². The van der Waals surface area contributed by atoms with Crippen molar-refractivity contribution in [3.05, 3.63) is 64.2 Å². The van der Waals surface area contributed by atoms with E-state index in [0.717, 1.165) is 56.4 Å².